The van der Waals surface area contributed by atoms with Gasteiger partial charge < -0.3 is 15.0 Å². The molecule has 1 aromatic heterocycles. The second-order valence-electron chi connectivity index (χ2n) is 4.25. The minimum Gasteiger partial charge on any atom is -0.490 e. The molecule has 0 saturated carbocycles. The number of rotatable bonds is 4. The summed E-state index contributed by atoms with van der Waals surface area (Å²) in [6.07, 6.45) is 6.05. The molecule has 4 heteroatoms. The van der Waals surface area contributed by atoms with Crippen molar-refractivity contribution in [2.24, 2.45) is 0 Å². The Balaban J connectivity index is 1.88. The zero-order valence-electron chi connectivity index (χ0n) is 9.94. The molecule has 2 rings (SSSR count). The second kappa shape index (κ2) is 5.16. The first-order chi connectivity index (χ1) is 7.79. The molecule has 0 aliphatic carbocycles. The maximum absolute atomic E-state index is 5.76. The van der Waals surface area contributed by atoms with Gasteiger partial charge in [-0.05, 0) is 26.4 Å². The Bertz CT molecular complexity index is 343. The van der Waals surface area contributed by atoms with Crippen LogP contribution < -0.4 is 10.1 Å². The molecule has 1 saturated heterocycles. The summed E-state index contributed by atoms with van der Waals surface area (Å²) in [4.78, 5) is 6.48. The Kier molecular flexibility index (Phi) is 3.62. The zero-order valence-corrected chi connectivity index (χ0v) is 9.94. The normalized spacial score (nSPS) is 21.0. The molecule has 0 aromatic carbocycles. The van der Waals surface area contributed by atoms with Gasteiger partial charge in [-0.15, -0.1) is 0 Å². The van der Waals surface area contributed by atoms with Crippen LogP contribution in [0.1, 0.15) is 12.8 Å². The van der Waals surface area contributed by atoms with Crippen LogP contribution in [0.3, 0.4) is 0 Å². The third-order valence-electron chi connectivity index (χ3n) is 3.12. The fraction of sp³-hybridized carbons (Fsp3) is 0.583. The lowest BCUT2D eigenvalue weighted by Gasteiger charge is -2.19. The van der Waals surface area contributed by atoms with Crippen LogP contribution in [-0.4, -0.2) is 43.2 Å². The predicted octanol–water partition coefficient (Wildman–Crippen LogP) is 1.60. The lowest BCUT2D eigenvalue weighted by molar-refractivity contribution is 0.198. The third kappa shape index (κ3) is 2.64. The molecule has 1 aromatic rings. The number of anilines is 1. The van der Waals surface area contributed by atoms with Crippen molar-refractivity contribution in [1.82, 2.24) is 9.88 Å². The maximum Gasteiger partial charge on any atom is 0.139 e. The minimum atomic E-state index is 0.554. The summed E-state index contributed by atoms with van der Waals surface area (Å²) in [5.41, 5.74) is 0.984. The second-order valence-corrected chi connectivity index (χ2v) is 4.25. The Morgan fingerprint density at radius 3 is 3.12 bits per heavy atom. The minimum absolute atomic E-state index is 0.554. The highest BCUT2D eigenvalue weighted by Crippen LogP contribution is 2.18. The van der Waals surface area contributed by atoms with Gasteiger partial charge >= 0.3 is 0 Å². The van der Waals surface area contributed by atoms with Gasteiger partial charge in [0.1, 0.15) is 12.4 Å². The zero-order chi connectivity index (χ0) is 11.4. The molecule has 0 amide bonds. The summed E-state index contributed by atoms with van der Waals surface area (Å²) in [6, 6.07) is 2.53. The molecule has 1 aliphatic rings. The van der Waals surface area contributed by atoms with Crippen molar-refractivity contribution in [2.75, 3.05) is 32.6 Å². The number of likely N-dealkylation sites (N-methyl/N-ethyl adjacent to an activating group) is 1. The van der Waals surface area contributed by atoms with Crippen molar-refractivity contribution in [3.05, 3.63) is 18.5 Å². The van der Waals surface area contributed by atoms with E-state index in [4.69, 9.17) is 4.74 Å². The van der Waals surface area contributed by atoms with Gasteiger partial charge in [0.05, 0.1) is 18.1 Å². The number of ether oxygens (including phenoxy) is 1. The van der Waals surface area contributed by atoms with E-state index in [-0.39, 0.29) is 0 Å². The van der Waals surface area contributed by atoms with Gasteiger partial charge in [0.2, 0.25) is 0 Å². The monoisotopic (exact) mass is 221 g/mol. The number of hydrogen-bond acceptors (Lipinski definition) is 4. The highest BCUT2D eigenvalue weighted by Gasteiger charge is 2.21. The average molecular weight is 221 g/mol. The molecule has 1 atom stereocenters. The van der Waals surface area contributed by atoms with Gasteiger partial charge in [0.25, 0.3) is 0 Å². The first-order valence-electron chi connectivity index (χ1n) is 5.75. The number of hydrogen-bond donors (Lipinski definition) is 1. The summed E-state index contributed by atoms with van der Waals surface area (Å²) in [7, 11) is 4.04. The summed E-state index contributed by atoms with van der Waals surface area (Å²) in [6.45, 7) is 1.94. The van der Waals surface area contributed by atoms with Crippen molar-refractivity contribution in [3.63, 3.8) is 0 Å². The summed E-state index contributed by atoms with van der Waals surface area (Å²) in [5.74, 6) is 0.840. The van der Waals surface area contributed by atoms with Crippen molar-refractivity contribution in [3.8, 4) is 5.75 Å². The molecule has 1 fully saturated rings. The van der Waals surface area contributed by atoms with Gasteiger partial charge in [-0.3, -0.25) is 4.98 Å². The van der Waals surface area contributed by atoms with E-state index in [0.29, 0.717) is 6.04 Å². The summed E-state index contributed by atoms with van der Waals surface area (Å²) >= 11 is 0. The van der Waals surface area contributed by atoms with Crippen LogP contribution in [0.15, 0.2) is 18.5 Å². The molecule has 88 valence electrons. The Morgan fingerprint density at radius 2 is 2.44 bits per heavy atom. The number of nitrogens with one attached hydrogen (secondary N) is 1. The predicted molar refractivity (Wildman–Crippen MR) is 64.9 cm³/mol. The van der Waals surface area contributed by atoms with Crippen molar-refractivity contribution >= 4 is 5.69 Å². The highest BCUT2D eigenvalue weighted by atomic mass is 16.5. The van der Waals surface area contributed by atoms with Gasteiger partial charge in [0.15, 0.2) is 0 Å². The van der Waals surface area contributed by atoms with Crippen LogP contribution in [0.25, 0.3) is 0 Å². The Labute approximate surface area is 96.6 Å². The molecule has 1 N–H and O–H groups in total. The first kappa shape index (κ1) is 11.2. The molecule has 16 heavy (non-hydrogen) atoms. The van der Waals surface area contributed by atoms with E-state index in [0.717, 1.165) is 18.0 Å². The fourth-order valence-corrected chi connectivity index (χ4v) is 2.02. The van der Waals surface area contributed by atoms with E-state index < -0.39 is 0 Å². The summed E-state index contributed by atoms with van der Waals surface area (Å²) < 4.78 is 5.76. The average Bonchev–Trinajstić information content (AvgIpc) is 2.72. The molecular formula is C12H19N3O. The molecule has 0 unspecified atom stereocenters. The van der Waals surface area contributed by atoms with E-state index in [9.17, 15) is 0 Å². The largest absolute Gasteiger partial charge is 0.490 e. The number of nitrogens with zero attached hydrogens (tertiary/aromatic N) is 2. The van der Waals surface area contributed by atoms with E-state index in [1.807, 2.05) is 13.1 Å². The number of likely N-dealkylation sites (tertiary alicyclic amines) is 1. The smallest absolute Gasteiger partial charge is 0.139 e. The Morgan fingerprint density at radius 1 is 1.56 bits per heavy atom. The van der Waals surface area contributed by atoms with Gasteiger partial charge in [0, 0.05) is 19.2 Å². The lowest BCUT2D eigenvalue weighted by atomic mass is 10.2. The number of pyridine rings is 1. The fourth-order valence-electron chi connectivity index (χ4n) is 2.02. The first-order valence-corrected chi connectivity index (χ1v) is 5.75. The lowest BCUT2D eigenvalue weighted by Crippen LogP contribution is -2.30. The number of aromatic nitrogens is 1. The van der Waals surface area contributed by atoms with Crippen LogP contribution in [0.4, 0.5) is 5.69 Å². The van der Waals surface area contributed by atoms with Crippen molar-refractivity contribution in [2.45, 2.75) is 18.9 Å². The molecular weight excluding hydrogens is 202 g/mol. The Hall–Kier alpha value is -1.29. The molecule has 2 heterocycles. The SMILES string of the molecule is CNc1cncc(OC[C@@H]2CCCN2C)c1. The quantitative estimate of drug-likeness (QED) is 0.838. The molecule has 0 radical (unpaired) electrons. The topological polar surface area (TPSA) is 37.4 Å². The van der Waals surface area contributed by atoms with Crippen molar-refractivity contribution in [1.29, 1.82) is 0 Å². The molecule has 4 nitrogen and oxygen atoms in total. The van der Waals surface area contributed by atoms with E-state index in [1.165, 1.54) is 19.4 Å². The van der Waals surface area contributed by atoms with Crippen LogP contribution in [0.2, 0.25) is 0 Å². The molecule has 0 bridgehead atoms. The maximum atomic E-state index is 5.76. The molecule has 1 aliphatic heterocycles. The van der Waals surface area contributed by atoms with Crippen LogP contribution in [-0.2, 0) is 0 Å². The highest BCUT2D eigenvalue weighted by molar-refractivity contribution is 5.44. The molecule has 0 spiro atoms. The van der Waals surface area contributed by atoms with Crippen LogP contribution >= 0.6 is 0 Å². The summed E-state index contributed by atoms with van der Waals surface area (Å²) in [5, 5.41) is 3.05. The van der Waals surface area contributed by atoms with Gasteiger partial charge in [-0.1, -0.05) is 0 Å². The van der Waals surface area contributed by atoms with Gasteiger partial charge in [-0.2, -0.15) is 0 Å². The van der Waals surface area contributed by atoms with Crippen molar-refractivity contribution < 1.29 is 4.74 Å². The standard InChI is InChI=1S/C12H19N3O/c1-13-10-6-12(8-14-7-10)16-9-11-4-3-5-15(11)2/h6-8,11,13H,3-5,9H2,1-2H3/t11-/m0/s1. The van der Waals surface area contributed by atoms with E-state index in [1.54, 1.807) is 12.4 Å². The van der Waals surface area contributed by atoms with Crippen LogP contribution in [0.5, 0.6) is 5.75 Å². The van der Waals surface area contributed by atoms with Crippen LogP contribution in [0, 0.1) is 0 Å². The van der Waals surface area contributed by atoms with E-state index in [2.05, 4.69) is 22.2 Å². The third-order valence-corrected chi connectivity index (χ3v) is 3.12. The van der Waals surface area contributed by atoms with E-state index >= 15 is 0 Å². The van der Waals surface area contributed by atoms with Gasteiger partial charge in [-0.25, -0.2) is 0 Å².